The Morgan fingerprint density at radius 2 is 1.90 bits per heavy atom. The van der Waals surface area contributed by atoms with Gasteiger partial charge in [0.05, 0.1) is 17.2 Å². The van der Waals surface area contributed by atoms with Crippen molar-refractivity contribution >= 4 is 16.5 Å². The number of hydrogen-bond donors (Lipinski definition) is 1. The highest BCUT2D eigenvalue weighted by molar-refractivity contribution is 7.15. The third-order valence-corrected chi connectivity index (χ3v) is 4.78. The molecule has 0 aliphatic rings. The fourth-order valence-corrected chi connectivity index (χ4v) is 3.63. The van der Waals surface area contributed by atoms with Crippen molar-refractivity contribution in [3.63, 3.8) is 0 Å². The second-order valence-electron chi connectivity index (χ2n) is 5.67. The van der Waals surface area contributed by atoms with Gasteiger partial charge in [0.2, 0.25) is 0 Å². The minimum Gasteiger partial charge on any atom is -0.391 e. The first kappa shape index (κ1) is 17.4. The van der Waals surface area contributed by atoms with E-state index in [1.807, 2.05) is 0 Å². The molecule has 1 N–H and O–H groups in total. The number of hydrogen-bond acceptors (Lipinski definition) is 5. The van der Waals surface area contributed by atoms with Crippen molar-refractivity contribution in [3.8, 4) is 0 Å². The van der Waals surface area contributed by atoms with Gasteiger partial charge in [-0.05, 0) is 40.3 Å². The molecule has 0 bridgehead atoms. The maximum Gasteiger partial charge on any atom is 0.186 e. The van der Waals surface area contributed by atoms with E-state index in [0.29, 0.717) is 12.0 Å². The summed E-state index contributed by atoms with van der Waals surface area (Å²) in [5.74, 6) is 0.407. The highest BCUT2D eigenvalue weighted by Gasteiger charge is 2.21. The number of likely N-dealkylation sites (N-methyl/N-ethyl adjacent to an activating group) is 2. The molecule has 1 heterocycles. The van der Waals surface area contributed by atoms with E-state index in [-0.39, 0.29) is 6.61 Å². The Hall–Kier alpha value is -0.650. The standard InChI is InChI=1S/C15H29N3OS/c1-7-11(3)14-13(10-19)20-15(16-14)18(8-2)12(4)9-17(5)6/h11-12,19H,7-10H2,1-6H3. The van der Waals surface area contributed by atoms with E-state index >= 15 is 0 Å². The molecule has 0 saturated heterocycles. The number of nitrogens with zero attached hydrogens (tertiary/aromatic N) is 3. The van der Waals surface area contributed by atoms with E-state index in [4.69, 9.17) is 4.98 Å². The molecule has 1 rings (SSSR count). The van der Waals surface area contributed by atoms with E-state index in [9.17, 15) is 5.11 Å². The van der Waals surface area contributed by atoms with Crippen LogP contribution in [0.25, 0.3) is 0 Å². The maximum absolute atomic E-state index is 9.56. The topological polar surface area (TPSA) is 39.6 Å². The second kappa shape index (κ2) is 7.96. The fraction of sp³-hybridized carbons (Fsp3) is 0.800. The fourth-order valence-electron chi connectivity index (χ4n) is 2.43. The molecule has 116 valence electrons. The van der Waals surface area contributed by atoms with E-state index in [1.165, 1.54) is 0 Å². The summed E-state index contributed by atoms with van der Waals surface area (Å²) in [6.07, 6.45) is 1.05. The van der Waals surface area contributed by atoms with Crippen molar-refractivity contribution in [2.45, 2.75) is 52.7 Å². The summed E-state index contributed by atoms with van der Waals surface area (Å²) in [5, 5.41) is 10.6. The Labute approximate surface area is 127 Å². The molecule has 0 aliphatic carbocycles. The zero-order valence-corrected chi connectivity index (χ0v) is 14.5. The van der Waals surface area contributed by atoms with Gasteiger partial charge in [-0.25, -0.2) is 4.98 Å². The Morgan fingerprint density at radius 1 is 1.25 bits per heavy atom. The first-order chi connectivity index (χ1) is 9.44. The molecule has 0 radical (unpaired) electrons. The van der Waals surface area contributed by atoms with Gasteiger partial charge < -0.3 is 14.9 Å². The van der Waals surface area contributed by atoms with Crippen molar-refractivity contribution in [1.82, 2.24) is 9.88 Å². The maximum atomic E-state index is 9.56. The average Bonchev–Trinajstić information content (AvgIpc) is 2.81. The molecular formula is C15H29N3OS. The van der Waals surface area contributed by atoms with Gasteiger partial charge in [0.1, 0.15) is 0 Å². The summed E-state index contributed by atoms with van der Waals surface area (Å²) in [6, 6.07) is 0.414. The van der Waals surface area contributed by atoms with E-state index in [1.54, 1.807) is 11.3 Å². The summed E-state index contributed by atoms with van der Waals surface area (Å²) < 4.78 is 0. The number of aliphatic hydroxyl groups is 1. The highest BCUT2D eigenvalue weighted by Crippen LogP contribution is 2.33. The molecule has 5 heteroatoms. The molecule has 0 fully saturated rings. The predicted octanol–water partition coefficient (Wildman–Crippen LogP) is 2.93. The van der Waals surface area contributed by atoms with E-state index < -0.39 is 0 Å². The summed E-state index contributed by atoms with van der Waals surface area (Å²) in [5.41, 5.74) is 1.07. The zero-order chi connectivity index (χ0) is 15.3. The summed E-state index contributed by atoms with van der Waals surface area (Å²) >= 11 is 1.64. The van der Waals surface area contributed by atoms with Gasteiger partial charge in [-0.2, -0.15) is 0 Å². The number of aliphatic hydroxyl groups excluding tert-OH is 1. The predicted molar refractivity (Wildman–Crippen MR) is 87.8 cm³/mol. The van der Waals surface area contributed by atoms with Gasteiger partial charge in [-0.3, -0.25) is 0 Å². The largest absolute Gasteiger partial charge is 0.391 e. The minimum absolute atomic E-state index is 0.0942. The van der Waals surface area contributed by atoms with Gasteiger partial charge in [-0.1, -0.05) is 25.2 Å². The molecule has 0 spiro atoms. The van der Waals surface area contributed by atoms with Crippen LogP contribution in [0.2, 0.25) is 0 Å². The first-order valence-corrected chi connectivity index (χ1v) is 8.27. The van der Waals surface area contributed by atoms with Crippen LogP contribution in [0.15, 0.2) is 0 Å². The van der Waals surface area contributed by atoms with E-state index in [2.05, 4.69) is 51.6 Å². The third-order valence-electron chi connectivity index (χ3n) is 3.69. The first-order valence-electron chi connectivity index (χ1n) is 7.46. The Kier molecular flexibility index (Phi) is 6.92. The smallest absolute Gasteiger partial charge is 0.186 e. The van der Waals surface area contributed by atoms with Gasteiger partial charge >= 0.3 is 0 Å². The number of rotatable bonds is 8. The number of thiazole rings is 1. The van der Waals surface area contributed by atoms with Gasteiger partial charge in [0.15, 0.2) is 5.13 Å². The van der Waals surface area contributed by atoms with Crippen LogP contribution in [0, 0.1) is 0 Å². The lowest BCUT2D eigenvalue weighted by Gasteiger charge is -2.29. The molecule has 4 nitrogen and oxygen atoms in total. The van der Waals surface area contributed by atoms with Crippen LogP contribution in [0.1, 0.15) is 50.6 Å². The van der Waals surface area contributed by atoms with Gasteiger partial charge in [0.25, 0.3) is 0 Å². The molecule has 0 aliphatic heterocycles. The van der Waals surface area contributed by atoms with Crippen LogP contribution in [0.5, 0.6) is 0 Å². The zero-order valence-electron chi connectivity index (χ0n) is 13.7. The van der Waals surface area contributed by atoms with Crippen LogP contribution in [0.3, 0.4) is 0 Å². The molecule has 20 heavy (non-hydrogen) atoms. The lowest BCUT2D eigenvalue weighted by molar-refractivity contribution is 0.283. The van der Waals surface area contributed by atoms with E-state index in [0.717, 1.165) is 35.2 Å². The van der Waals surface area contributed by atoms with Gasteiger partial charge in [0, 0.05) is 19.1 Å². The third kappa shape index (κ3) is 4.17. The SMILES string of the molecule is CCC(C)c1nc(N(CC)C(C)CN(C)C)sc1CO. The van der Waals surface area contributed by atoms with Crippen LogP contribution in [-0.4, -0.2) is 48.2 Å². The Morgan fingerprint density at radius 3 is 2.35 bits per heavy atom. The molecule has 0 saturated carbocycles. The van der Waals surface area contributed by atoms with Crippen LogP contribution in [-0.2, 0) is 6.61 Å². The molecule has 2 unspecified atom stereocenters. The van der Waals surface area contributed by atoms with Gasteiger partial charge in [-0.15, -0.1) is 0 Å². The molecule has 0 amide bonds. The number of aromatic nitrogens is 1. The van der Waals surface area contributed by atoms with Crippen molar-refractivity contribution in [1.29, 1.82) is 0 Å². The summed E-state index contributed by atoms with van der Waals surface area (Å²) in [6.45, 7) is 10.8. The second-order valence-corrected chi connectivity index (χ2v) is 6.73. The Bertz CT molecular complexity index is 406. The molecule has 1 aromatic rings. The van der Waals surface area contributed by atoms with Crippen molar-refractivity contribution in [2.24, 2.45) is 0 Å². The monoisotopic (exact) mass is 299 g/mol. The lowest BCUT2D eigenvalue weighted by atomic mass is 10.0. The minimum atomic E-state index is 0.0942. The average molecular weight is 299 g/mol. The normalized spacial score (nSPS) is 14.6. The Balaban J connectivity index is 3.01. The lowest BCUT2D eigenvalue weighted by Crippen LogP contribution is -2.40. The molecular weight excluding hydrogens is 270 g/mol. The molecule has 0 aromatic carbocycles. The van der Waals surface area contributed by atoms with Crippen LogP contribution in [0.4, 0.5) is 5.13 Å². The molecule has 1 aromatic heterocycles. The quantitative estimate of drug-likeness (QED) is 0.801. The van der Waals surface area contributed by atoms with Crippen molar-refractivity contribution < 1.29 is 5.11 Å². The van der Waals surface area contributed by atoms with Crippen LogP contribution < -0.4 is 4.90 Å². The summed E-state index contributed by atoms with van der Waals surface area (Å²) in [7, 11) is 4.19. The highest BCUT2D eigenvalue weighted by atomic mass is 32.1. The van der Waals surface area contributed by atoms with Crippen molar-refractivity contribution in [2.75, 3.05) is 32.1 Å². The molecule has 2 atom stereocenters. The number of anilines is 1. The van der Waals surface area contributed by atoms with Crippen LogP contribution >= 0.6 is 11.3 Å². The van der Waals surface area contributed by atoms with Crippen molar-refractivity contribution in [3.05, 3.63) is 10.6 Å². The summed E-state index contributed by atoms with van der Waals surface area (Å²) in [4.78, 5) is 10.4.